The molecular weight excluding hydrogens is 360 g/mol. The van der Waals surface area contributed by atoms with E-state index in [2.05, 4.69) is 45.0 Å². The first-order valence-corrected chi connectivity index (χ1v) is 8.29. The van der Waals surface area contributed by atoms with E-state index in [0.29, 0.717) is 11.5 Å². The number of halogens is 1. The van der Waals surface area contributed by atoms with E-state index in [0.717, 1.165) is 35.9 Å². The van der Waals surface area contributed by atoms with Crippen molar-refractivity contribution in [2.45, 2.75) is 32.6 Å². The van der Waals surface area contributed by atoms with Crippen LogP contribution < -0.4 is 10.8 Å². The summed E-state index contributed by atoms with van der Waals surface area (Å²) in [6, 6.07) is 5.65. The van der Waals surface area contributed by atoms with Crippen molar-refractivity contribution in [3.63, 3.8) is 0 Å². The Balaban J connectivity index is 2.31. The summed E-state index contributed by atoms with van der Waals surface area (Å²) in [7, 11) is 0. The summed E-state index contributed by atoms with van der Waals surface area (Å²) in [5, 5.41) is 11.5. The second-order valence-corrected chi connectivity index (χ2v) is 5.81. The lowest BCUT2D eigenvalue weighted by atomic mass is 10.2. The van der Waals surface area contributed by atoms with E-state index in [9.17, 15) is 4.79 Å². The van der Waals surface area contributed by atoms with E-state index in [1.807, 2.05) is 22.6 Å². The van der Waals surface area contributed by atoms with Gasteiger partial charge in [0.25, 0.3) is 5.91 Å². The highest BCUT2D eigenvalue weighted by Gasteiger charge is 2.13. The number of fused-ring (bicyclic) bond motifs is 1. The second kappa shape index (κ2) is 8.56. The van der Waals surface area contributed by atoms with Crippen LogP contribution in [-0.2, 0) is 4.79 Å². The highest BCUT2D eigenvalue weighted by atomic mass is 79.9. The maximum atomic E-state index is 11.2. The molecule has 0 saturated carbocycles. The van der Waals surface area contributed by atoms with Crippen LogP contribution in [0.2, 0.25) is 0 Å². The van der Waals surface area contributed by atoms with Crippen LogP contribution in [0, 0.1) is 11.8 Å². The Morgan fingerprint density at radius 2 is 2.26 bits per heavy atom. The molecule has 0 fully saturated rings. The van der Waals surface area contributed by atoms with Gasteiger partial charge in [0.15, 0.2) is 5.82 Å². The lowest BCUT2D eigenvalue weighted by Crippen LogP contribution is -2.27. The first-order chi connectivity index (χ1) is 11.2. The summed E-state index contributed by atoms with van der Waals surface area (Å²) < 4.78 is 2.71. The quantitative estimate of drug-likeness (QED) is 0.237. The van der Waals surface area contributed by atoms with Crippen LogP contribution in [0.15, 0.2) is 22.8 Å². The maximum Gasteiger partial charge on any atom is 0.262 e. The molecule has 122 valence electrons. The minimum atomic E-state index is -0.539. The molecule has 0 aliphatic heterocycles. The molecule has 0 aliphatic rings. The Morgan fingerprint density at radius 1 is 1.43 bits per heavy atom. The molecule has 0 unspecified atom stereocenters. The summed E-state index contributed by atoms with van der Waals surface area (Å²) in [5.41, 5.74) is 3.00. The van der Waals surface area contributed by atoms with Gasteiger partial charge in [-0.3, -0.25) is 14.4 Å². The monoisotopic (exact) mass is 378 g/mol. The molecule has 2 heterocycles. The zero-order valence-electron chi connectivity index (χ0n) is 12.9. The van der Waals surface area contributed by atoms with E-state index in [-0.39, 0.29) is 6.54 Å². The number of nitrogens with one attached hydrogen (secondary N) is 2. The molecule has 1 amide bonds. The number of nitrogens with zero attached hydrogens (tertiary/aromatic N) is 2. The summed E-state index contributed by atoms with van der Waals surface area (Å²) in [6.07, 6.45) is 4.21. The number of imidazole rings is 1. The third-order valence-electron chi connectivity index (χ3n) is 3.25. The fourth-order valence-corrected chi connectivity index (χ4v) is 2.62. The zero-order valence-corrected chi connectivity index (χ0v) is 14.5. The number of hydroxylamine groups is 1. The lowest BCUT2D eigenvalue weighted by molar-refractivity contribution is -0.127. The van der Waals surface area contributed by atoms with Crippen molar-refractivity contribution < 1.29 is 10.0 Å². The number of aromatic nitrogens is 2. The van der Waals surface area contributed by atoms with Crippen molar-refractivity contribution in [3.05, 3.63) is 28.5 Å². The normalized spacial score (nSPS) is 10.2. The third kappa shape index (κ3) is 4.47. The summed E-state index contributed by atoms with van der Waals surface area (Å²) in [5.74, 6) is 6.28. The van der Waals surface area contributed by atoms with E-state index >= 15 is 0 Å². The van der Waals surface area contributed by atoms with Crippen molar-refractivity contribution in [2.24, 2.45) is 0 Å². The van der Waals surface area contributed by atoms with Crippen molar-refractivity contribution in [2.75, 3.05) is 11.9 Å². The van der Waals surface area contributed by atoms with Gasteiger partial charge >= 0.3 is 0 Å². The summed E-state index contributed by atoms with van der Waals surface area (Å²) in [4.78, 5) is 15.7. The van der Waals surface area contributed by atoms with Crippen LogP contribution in [0.4, 0.5) is 5.82 Å². The van der Waals surface area contributed by atoms with Gasteiger partial charge in [0.05, 0.1) is 11.1 Å². The number of pyridine rings is 1. The number of anilines is 1. The van der Waals surface area contributed by atoms with Gasteiger partial charge in [-0.1, -0.05) is 31.8 Å². The molecule has 0 radical (unpaired) electrons. The molecule has 2 aromatic rings. The maximum absolute atomic E-state index is 11.2. The zero-order chi connectivity index (χ0) is 16.7. The van der Waals surface area contributed by atoms with Gasteiger partial charge in [-0.15, -0.1) is 0 Å². The van der Waals surface area contributed by atoms with E-state index in [1.54, 1.807) is 5.48 Å². The Morgan fingerprint density at radius 3 is 3.00 bits per heavy atom. The standard InChI is InChI=1S/C16H19BrN4O2/c1-2-3-4-5-6-8-12-16(18-11-15(22)20-23)19-14-10-7-9-13(17)21(12)14/h7,9-10,18,23H,2-5,11H2,1H3,(H,20,22). The van der Waals surface area contributed by atoms with Crippen LogP contribution in [0.1, 0.15) is 38.3 Å². The number of hydrogen-bond donors (Lipinski definition) is 3. The fourth-order valence-electron chi connectivity index (χ4n) is 2.11. The van der Waals surface area contributed by atoms with Crippen molar-refractivity contribution >= 4 is 33.3 Å². The Bertz CT molecular complexity index is 746. The Hall–Kier alpha value is -2.04. The molecular formula is C16H19BrN4O2. The lowest BCUT2D eigenvalue weighted by Gasteiger charge is -2.03. The minimum Gasteiger partial charge on any atom is -0.359 e. The average molecular weight is 379 g/mol. The van der Waals surface area contributed by atoms with Gasteiger partial charge in [-0.25, -0.2) is 10.5 Å². The number of carbonyl (C=O) groups excluding carboxylic acids is 1. The molecule has 2 rings (SSSR count). The van der Waals surface area contributed by atoms with Crippen molar-refractivity contribution in [1.29, 1.82) is 0 Å². The number of carbonyl (C=O) groups is 1. The van der Waals surface area contributed by atoms with Gasteiger partial charge < -0.3 is 5.32 Å². The number of amides is 1. The molecule has 3 N–H and O–H groups in total. The molecule has 0 atom stereocenters. The van der Waals surface area contributed by atoms with E-state index in [4.69, 9.17) is 5.21 Å². The largest absolute Gasteiger partial charge is 0.359 e. The molecule has 7 heteroatoms. The molecule has 0 aliphatic carbocycles. The second-order valence-electron chi connectivity index (χ2n) is 5.00. The predicted octanol–water partition coefficient (Wildman–Crippen LogP) is 2.95. The van der Waals surface area contributed by atoms with E-state index < -0.39 is 5.91 Å². The summed E-state index contributed by atoms with van der Waals surface area (Å²) in [6.45, 7) is 2.08. The fraction of sp³-hybridized carbons (Fsp3) is 0.375. The smallest absolute Gasteiger partial charge is 0.262 e. The molecule has 0 spiro atoms. The van der Waals surface area contributed by atoms with Crippen molar-refractivity contribution in [1.82, 2.24) is 14.9 Å². The number of unbranched alkanes of at least 4 members (excludes halogenated alkanes) is 3. The topological polar surface area (TPSA) is 78.7 Å². The average Bonchev–Trinajstić information content (AvgIpc) is 2.91. The first kappa shape index (κ1) is 17.3. The van der Waals surface area contributed by atoms with Crippen LogP contribution >= 0.6 is 15.9 Å². The number of rotatable bonds is 6. The molecule has 6 nitrogen and oxygen atoms in total. The van der Waals surface area contributed by atoms with E-state index in [1.165, 1.54) is 0 Å². The molecule has 0 bridgehead atoms. The highest BCUT2D eigenvalue weighted by Crippen LogP contribution is 2.22. The molecule has 0 aromatic carbocycles. The Labute approximate surface area is 143 Å². The first-order valence-electron chi connectivity index (χ1n) is 7.50. The highest BCUT2D eigenvalue weighted by molar-refractivity contribution is 9.10. The van der Waals surface area contributed by atoms with Gasteiger partial charge in [0, 0.05) is 6.42 Å². The number of hydrogen-bond acceptors (Lipinski definition) is 4. The van der Waals surface area contributed by atoms with Gasteiger partial charge in [0.1, 0.15) is 11.3 Å². The van der Waals surface area contributed by atoms with Crippen LogP contribution in [0.5, 0.6) is 0 Å². The minimum absolute atomic E-state index is 0.0808. The Kier molecular flexibility index (Phi) is 6.44. The van der Waals surface area contributed by atoms with Gasteiger partial charge in [-0.05, 0) is 40.4 Å². The van der Waals surface area contributed by atoms with Crippen molar-refractivity contribution in [3.8, 4) is 11.8 Å². The summed E-state index contributed by atoms with van der Waals surface area (Å²) >= 11 is 3.50. The SMILES string of the molecule is CCCCCC#Cc1c(NCC(=O)NO)nc2cccc(Br)n12. The van der Waals surface area contributed by atoms with Crippen LogP contribution in [0.3, 0.4) is 0 Å². The third-order valence-corrected chi connectivity index (χ3v) is 3.87. The molecule has 2 aromatic heterocycles. The van der Waals surface area contributed by atoms with Crippen LogP contribution in [0.25, 0.3) is 5.65 Å². The molecule has 23 heavy (non-hydrogen) atoms. The predicted molar refractivity (Wildman–Crippen MR) is 92.3 cm³/mol. The van der Waals surface area contributed by atoms with Gasteiger partial charge in [-0.2, -0.15) is 0 Å². The molecule has 0 saturated heterocycles. The van der Waals surface area contributed by atoms with Gasteiger partial charge in [0.2, 0.25) is 0 Å². The van der Waals surface area contributed by atoms with Crippen LogP contribution in [-0.4, -0.2) is 27.0 Å².